The summed E-state index contributed by atoms with van der Waals surface area (Å²) in [6.07, 6.45) is 0. The fourth-order valence-corrected chi connectivity index (χ4v) is 2.69. The Labute approximate surface area is 161 Å². The number of halogens is 3. The molecule has 0 saturated carbocycles. The lowest BCUT2D eigenvalue weighted by atomic mass is 10.0. The van der Waals surface area contributed by atoms with Gasteiger partial charge >= 0.3 is 0 Å². The molecular weight excluding hydrogens is 379 g/mol. The summed E-state index contributed by atoms with van der Waals surface area (Å²) in [6.45, 7) is 4.70. The van der Waals surface area contributed by atoms with E-state index in [-0.39, 0.29) is 5.82 Å². The standard InChI is InChI=1S/C19H17Cl3N2O/c1-12(2)14-9-7-13(8-10-14)11-25-17-15-5-3-4-6-16(15)23-18(24-17)19(20,21)22/h3-10,12H,11H2,1-2H3. The van der Waals surface area contributed by atoms with Crippen molar-refractivity contribution in [3.05, 3.63) is 65.5 Å². The molecule has 0 aliphatic carbocycles. The zero-order valence-electron chi connectivity index (χ0n) is 13.8. The molecule has 0 spiro atoms. The van der Waals surface area contributed by atoms with Crippen LogP contribution >= 0.6 is 34.8 Å². The van der Waals surface area contributed by atoms with Crippen molar-refractivity contribution < 1.29 is 4.74 Å². The molecule has 0 aliphatic rings. The van der Waals surface area contributed by atoms with E-state index in [2.05, 4.69) is 48.1 Å². The van der Waals surface area contributed by atoms with Gasteiger partial charge in [0.15, 0.2) is 5.82 Å². The van der Waals surface area contributed by atoms with E-state index in [4.69, 9.17) is 39.5 Å². The van der Waals surface area contributed by atoms with Crippen LogP contribution in [-0.4, -0.2) is 9.97 Å². The average Bonchev–Trinajstić information content (AvgIpc) is 2.59. The van der Waals surface area contributed by atoms with Crippen LogP contribution in [0, 0.1) is 0 Å². The Morgan fingerprint density at radius 2 is 1.64 bits per heavy atom. The van der Waals surface area contributed by atoms with Crippen LogP contribution < -0.4 is 4.74 Å². The molecule has 3 rings (SSSR count). The molecule has 25 heavy (non-hydrogen) atoms. The summed E-state index contributed by atoms with van der Waals surface area (Å²) < 4.78 is 4.21. The minimum Gasteiger partial charge on any atom is -0.472 e. The van der Waals surface area contributed by atoms with E-state index in [1.807, 2.05) is 24.3 Å². The van der Waals surface area contributed by atoms with Gasteiger partial charge in [0.05, 0.1) is 10.9 Å². The summed E-state index contributed by atoms with van der Waals surface area (Å²) in [6, 6.07) is 15.8. The zero-order chi connectivity index (χ0) is 18.0. The Morgan fingerprint density at radius 3 is 2.28 bits per heavy atom. The first-order valence-corrected chi connectivity index (χ1v) is 9.03. The first-order chi connectivity index (χ1) is 11.8. The molecule has 0 atom stereocenters. The van der Waals surface area contributed by atoms with Gasteiger partial charge in [-0.2, -0.15) is 4.98 Å². The molecule has 1 heterocycles. The number of hydrogen-bond acceptors (Lipinski definition) is 3. The lowest BCUT2D eigenvalue weighted by Crippen LogP contribution is -2.09. The summed E-state index contributed by atoms with van der Waals surface area (Å²) in [5.74, 6) is 0.994. The van der Waals surface area contributed by atoms with E-state index in [1.54, 1.807) is 0 Å². The SMILES string of the molecule is CC(C)c1ccc(COc2nc(C(Cl)(Cl)Cl)nc3ccccc23)cc1. The first kappa shape index (κ1) is 18.2. The molecular formula is C19H17Cl3N2O. The smallest absolute Gasteiger partial charge is 0.250 e. The van der Waals surface area contributed by atoms with Crippen molar-refractivity contribution in [1.82, 2.24) is 9.97 Å². The van der Waals surface area contributed by atoms with Crippen LogP contribution in [0.1, 0.15) is 36.7 Å². The Morgan fingerprint density at radius 1 is 0.960 bits per heavy atom. The van der Waals surface area contributed by atoms with Crippen molar-refractivity contribution >= 4 is 45.7 Å². The molecule has 6 heteroatoms. The van der Waals surface area contributed by atoms with Gasteiger partial charge in [-0.25, -0.2) is 4.98 Å². The molecule has 0 aliphatic heterocycles. The highest BCUT2D eigenvalue weighted by atomic mass is 35.6. The third-order valence-electron chi connectivity index (χ3n) is 3.84. The van der Waals surface area contributed by atoms with Crippen LogP contribution in [0.25, 0.3) is 10.9 Å². The average molecular weight is 396 g/mol. The Bertz CT molecular complexity index is 874. The van der Waals surface area contributed by atoms with E-state index < -0.39 is 3.79 Å². The zero-order valence-corrected chi connectivity index (χ0v) is 16.1. The Hall–Kier alpha value is -1.55. The van der Waals surface area contributed by atoms with E-state index in [0.29, 0.717) is 23.9 Å². The number of nitrogens with zero attached hydrogens (tertiary/aromatic N) is 2. The number of aromatic nitrogens is 2. The van der Waals surface area contributed by atoms with Gasteiger partial charge in [0.1, 0.15) is 6.61 Å². The highest BCUT2D eigenvalue weighted by Crippen LogP contribution is 2.38. The number of alkyl halides is 3. The molecule has 0 bridgehead atoms. The number of benzene rings is 2. The van der Waals surface area contributed by atoms with E-state index in [9.17, 15) is 0 Å². The molecule has 1 aromatic heterocycles. The third-order valence-corrected chi connectivity index (χ3v) is 4.35. The van der Waals surface area contributed by atoms with E-state index >= 15 is 0 Å². The molecule has 0 amide bonds. The first-order valence-electron chi connectivity index (χ1n) is 7.90. The molecule has 3 nitrogen and oxygen atoms in total. The highest BCUT2D eigenvalue weighted by molar-refractivity contribution is 6.66. The summed E-state index contributed by atoms with van der Waals surface area (Å²) in [5.41, 5.74) is 3.00. The lowest BCUT2D eigenvalue weighted by molar-refractivity contribution is 0.296. The topological polar surface area (TPSA) is 35.0 Å². The second kappa shape index (κ2) is 7.36. The van der Waals surface area contributed by atoms with Crippen LogP contribution in [0.15, 0.2) is 48.5 Å². The van der Waals surface area contributed by atoms with Gasteiger partial charge in [0.2, 0.25) is 9.67 Å². The monoisotopic (exact) mass is 394 g/mol. The van der Waals surface area contributed by atoms with Gasteiger partial charge in [-0.1, -0.05) is 85.0 Å². The quantitative estimate of drug-likeness (QED) is 0.496. The fourth-order valence-electron chi connectivity index (χ4n) is 2.43. The van der Waals surface area contributed by atoms with Gasteiger partial charge in [-0.15, -0.1) is 0 Å². The summed E-state index contributed by atoms with van der Waals surface area (Å²) in [5, 5.41) is 0.777. The number of fused-ring (bicyclic) bond motifs is 1. The predicted octanol–water partition coefficient (Wildman–Crippen LogP) is 6.16. The molecule has 0 saturated heterocycles. The van der Waals surface area contributed by atoms with Gasteiger partial charge in [0, 0.05) is 0 Å². The molecule has 0 N–H and O–H groups in total. The summed E-state index contributed by atoms with van der Waals surface area (Å²) >= 11 is 17.8. The van der Waals surface area contributed by atoms with Crippen LogP contribution in [0.5, 0.6) is 5.88 Å². The number of rotatable bonds is 4. The van der Waals surface area contributed by atoms with E-state index in [1.165, 1.54) is 5.56 Å². The minimum atomic E-state index is -1.71. The normalized spacial score (nSPS) is 11.9. The highest BCUT2D eigenvalue weighted by Gasteiger charge is 2.28. The molecule has 0 radical (unpaired) electrons. The third kappa shape index (κ3) is 4.35. The van der Waals surface area contributed by atoms with Gasteiger partial charge in [0.25, 0.3) is 0 Å². The molecule has 0 unspecified atom stereocenters. The number of para-hydroxylation sites is 1. The van der Waals surface area contributed by atoms with Crippen molar-refractivity contribution in [3.8, 4) is 5.88 Å². The predicted molar refractivity (Wildman–Crippen MR) is 104 cm³/mol. The lowest BCUT2D eigenvalue weighted by Gasteiger charge is -2.14. The molecule has 0 fully saturated rings. The molecule has 2 aromatic carbocycles. The maximum atomic E-state index is 5.95. The summed E-state index contributed by atoms with van der Waals surface area (Å²) in [4.78, 5) is 8.61. The van der Waals surface area contributed by atoms with Gasteiger partial charge < -0.3 is 4.74 Å². The largest absolute Gasteiger partial charge is 0.472 e. The maximum absolute atomic E-state index is 5.95. The van der Waals surface area contributed by atoms with Crippen molar-refractivity contribution in [2.45, 2.75) is 30.2 Å². The van der Waals surface area contributed by atoms with Crippen molar-refractivity contribution in [2.75, 3.05) is 0 Å². The summed E-state index contributed by atoms with van der Waals surface area (Å²) in [7, 11) is 0. The van der Waals surface area contributed by atoms with Crippen LogP contribution in [-0.2, 0) is 10.4 Å². The van der Waals surface area contributed by atoms with Crippen molar-refractivity contribution in [2.24, 2.45) is 0 Å². The molecule has 3 aromatic rings. The minimum absolute atomic E-state index is 0.0985. The van der Waals surface area contributed by atoms with Crippen molar-refractivity contribution in [1.29, 1.82) is 0 Å². The van der Waals surface area contributed by atoms with Gasteiger partial charge in [-0.3, -0.25) is 0 Å². The van der Waals surface area contributed by atoms with Crippen LogP contribution in [0.3, 0.4) is 0 Å². The maximum Gasteiger partial charge on any atom is 0.250 e. The molecule has 130 valence electrons. The number of ether oxygens (including phenoxy) is 1. The second-order valence-corrected chi connectivity index (χ2v) is 8.33. The van der Waals surface area contributed by atoms with Crippen molar-refractivity contribution in [3.63, 3.8) is 0 Å². The number of hydrogen-bond donors (Lipinski definition) is 0. The second-order valence-electron chi connectivity index (χ2n) is 6.05. The van der Waals surface area contributed by atoms with Crippen LogP contribution in [0.4, 0.5) is 0 Å². The van der Waals surface area contributed by atoms with E-state index in [0.717, 1.165) is 10.9 Å². The Kier molecular flexibility index (Phi) is 5.38. The fraction of sp³-hybridized carbons (Fsp3) is 0.263. The van der Waals surface area contributed by atoms with Crippen LogP contribution in [0.2, 0.25) is 0 Å². The van der Waals surface area contributed by atoms with Gasteiger partial charge in [-0.05, 0) is 29.2 Å². The Balaban J connectivity index is 1.89.